The number of benzene rings is 1. The smallest absolute Gasteiger partial charge is 0.127 e. The van der Waals surface area contributed by atoms with E-state index in [0.29, 0.717) is 12.0 Å². The second kappa shape index (κ2) is 7.14. The molecule has 2 aliphatic rings. The lowest BCUT2D eigenvalue weighted by Gasteiger charge is -2.23. The van der Waals surface area contributed by atoms with Crippen LogP contribution in [0.3, 0.4) is 0 Å². The van der Waals surface area contributed by atoms with Crippen LogP contribution >= 0.6 is 0 Å². The molecular formula is C17H25NO3. The van der Waals surface area contributed by atoms with Crippen molar-refractivity contribution in [2.75, 3.05) is 26.9 Å². The van der Waals surface area contributed by atoms with Gasteiger partial charge in [0, 0.05) is 37.4 Å². The fourth-order valence-corrected chi connectivity index (χ4v) is 2.60. The first-order valence-corrected chi connectivity index (χ1v) is 7.96. The van der Waals surface area contributed by atoms with Crippen molar-refractivity contribution in [2.45, 2.75) is 38.3 Å². The molecule has 4 heteroatoms. The highest BCUT2D eigenvalue weighted by molar-refractivity contribution is 5.40. The summed E-state index contributed by atoms with van der Waals surface area (Å²) in [7, 11) is 1.69. The molecule has 116 valence electrons. The van der Waals surface area contributed by atoms with Crippen molar-refractivity contribution >= 4 is 0 Å². The summed E-state index contributed by atoms with van der Waals surface area (Å²) in [6.45, 7) is 3.37. The van der Waals surface area contributed by atoms with Gasteiger partial charge < -0.3 is 19.5 Å². The molecule has 4 nitrogen and oxygen atoms in total. The lowest BCUT2D eigenvalue weighted by atomic mass is 10.0. The van der Waals surface area contributed by atoms with Crippen LogP contribution in [0, 0.1) is 5.92 Å². The highest BCUT2D eigenvalue weighted by atomic mass is 16.5. The average Bonchev–Trinajstić information content (AvgIpc) is 3.36. The summed E-state index contributed by atoms with van der Waals surface area (Å²) >= 11 is 0. The van der Waals surface area contributed by atoms with E-state index in [-0.39, 0.29) is 0 Å². The molecule has 1 aromatic carbocycles. The van der Waals surface area contributed by atoms with E-state index in [9.17, 15) is 0 Å². The van der Waals surface area contributed by atoms with Gasteiger partial charge in [0.15, 0.2) is 0 Å². The largest absolute Gasteiger partial charge is 0.497 e. The maximum Gasteiger partial charge on any atom is 0.127 e. The van der Waals surface area contributed by atoms with Gasteiger partial charge in [-0.25, -0.2) is 0 Å². The van der Waals surface area contributed by atoms with Crippen molar-refractivity contribution in [1.29, 1.82) is 0 Å². The van der Waals surface area contributed by atoms with Gasteiger partial charge in [0.25, 0.3) is 0 Å². The number of hydrogen-bond donors (Lipinski definition) is 1. The van der Waals surface area contributed by atoms with Gasteiger partial charge in [-0.2, -0.15) is 0 Å². The molecule has 1 saturated heterocycles. The SMILES string of the molecule is COc1ccc(CNC2CC2)c(OCC2CCOCC2)c1. The van der Waals surface area contributed by atoms with Crippen LogP contribution in [0.25, 0.3) is 0 Å². The Morgan fingerprint density at radius 2 is 2.00 bits per heavy atom. The average molecular weight is 291 g/mol. The predicted molar refractivity (Wildman–Crippen MR) is 81.9 cm³/mol. The first kappa shape index (κ1) is 14.7. The van der Waals surface area contributed by atoms with E-state index in [1.54, 1.807) is 7.11 Å². The lowest BCUT2D eigenvalue weighted by Crippen LogP contribution is -2.22. The van der Waals surface area contributed by atoms with Crippen molar-refractivity contribution in [3.8, 4) is 11.5 Å². The second-order valence-corrected chi connectivity index (χ2v) is 6.00. The number of hydrogen-bond acceptors (Lipinski definition) is 4. The minimum absolute atomic E-state index is 0.606. The summed E-state index contributed by atoms with van der Waals surface area (Å²) in [6, 6.07) is 6.82. The highest BCUT2D eigenvalue weighted by Crippen LogP contribution is 2.28. The second-order valence-electron chi connectivity index (χ2n) is 6.00. The fraction of sp³-hybridized carbons (Fsp3) is 0.647. The Balaban J connectivity index is 1.61. The molecule has 0 amide bonds. The Morgan fingerprint density at radius 1 is 1.19 bits per heavy atom. The van der Waals surface area contributed by atoms with Gasteiger partial charge in [0.05, 0.1) is 13.7 Å². The zero-order valence-corrected chi connectivity index (χ0v) is 12.8. The van der Waals surface area contributed by atoms with E-state index in [0.717, 1.165) is 50.7 Å². The molecule has 0 radical (unpaired) electrons. The molecule has 0 atom stereocenters. The molecule has 0 spiro atoms. The maximum absolute atomic E-state index is 6.10. The third-order valence-corrected chi connectivity index (χ3v) is 4.25. The van der Waals surface area contributed by atoms with E-state index < -0.39 is 0 Å². The Kier molecular flexibility index (Phi) is 4.99. The molecule has 1 saturated carbocycles. The predicted octanol–water partition coefficient (Wildman–Crippen LogP) is 2.75. The van der Waals surface area contributed by atoms with E-state index in [2.05, 4.69) is 11.4 Å². The molecule has 21 heavy (non-hydrogen) atoms. The van der Waals surface area contributed by atoms with Crippen molar-refractivity contribution in [3.05, 3.63) is 23.8 Å². The van der Waals surface area contributed by atoms with E-state index in [1.165, 1.54) is 18.4 Å². The molecule has 2 fully saturated rings. The summed E-state index contributed by atoms with van der Waals surface area (Å²) in [5.41, 5.74) is 1.22. The zero-order valence-electron chi connectivity index (χ0n) is 12.8. The molecule has 0 bridgehead atoms. The number of methoxy groups -OCH3 is 1. The Hall–Kier alpha value is -1.26. The van der Waals surface area contributed by atoms with Crippen molar-refractivity contribution in [2.24, 2.45) is 5.92 Å². The summed E-state index contributed by atoms with van der Waals surface area (Å²) < 4.78 is 16.8. The first-order valence-electron chi connectivity index (χ1n) is 7.96. The molecular weight excluding hydrogens is 266 g/mol. The normalized spacial score (nSPS) is 19.5. The zero-order chi connectivity index (χ0) is 14.5. The summed E-state index contributed by atoms with van der Waals surface area (Å²) in [5, 5.41) is 3.55. The number of ether oxygens (including phenoxy) is 3. The van der Waals surface area contributed by atoms with Gasteiger partial charge in [-0.15, -0.1) is 0 Å². The molecule has 1 N–H and O–H groups in total. The molecule has 1 aromatic rings. The van der Waals surface area contributed by atoms with Crippen molar-refractivity contribution in [3.63, 3.8) is 0 Å². The van der Waals surface area contributed by atoms with E-state index in [1.807, 2.05) is 12.1 Å². The van der Waals surface area contributed by atoms with Crippen LogP contribution in [0.1, 0.15) is 31.2 Å². The molecule has 1 heterocycles. The van der Waals surface area contributed by atoms with Gasteiger partial charge in [0.2, 0.25) is 0 Å². The van der Waals surface area contributed by atoms with Gasteiger partial charge in [-0.05, 0) is 37.7 Å². The number of rotatable bonds is 7. The van der Waals surface area contributed by atoms with Gasteiger partial charge in [-0.3, -0.25) is 0 Å². The quantitative estimate of drug-likeness (QED) is 0.838. The number of nitrogens with one attached hydrogen (secondary N) is 1. The first-order chi connectivity index (χ1) is 10.3. The minimum Gasteiger partial charge on any atom is -0.497 e. The molecule has 3 rings (SSSR count). The van der Waals surface area contributed by atoms with Gasteiger partial charge in [0.1, 0.15) is 11.5 Å². The minimum atomic E-state index is 0.606. The van der Waals surface area contributed by atoms with Crippen molar-refractivity contribution < 1.29 is 14.2 Å². The topological polar surface area (TPSA) is 39.7 Å². The fourth-order valence-electron chi connectivity index (χ4n) is 2.60. The molecule has 1 aliphatic carbocycles. The highest BCUT2D eigenvalue weighted by Gasteiger charge is 2.21. The van der Waals surface area contributed by atoms with Gasteiger partial charge in [-0.1, -0.05) is 6.07 Å². The van der Waals surface area contributed by atoms with Crippen LogP contribution in [0.4, 0.5) is 0 Å². The third-order valence-electron chi connectivity index (χ3n) is 4.25. The van der Waals surface area contributed by atoms with Crippen LogP contribution in [-0.2, 0) is 11.3 Å². The maximum atomic E-state index is 6.10. The summed E-state index contributed by atoms with van der Waals surface area (Å²) in [6.07, 6.45) is 4.79. The van der Waals surface area contributed by atoms with E-state index >= 15 is 0 Å². The molecule has 1 aliphatic heterocycles. The summed E-state index contributed by atoms with van der Waals surface area (Å²) in [5.74, 6) is 2.41. The van der Waals surface area contributed by atoms with Crippen LogP contribution in [0.15, 0.2) is 18.2 Å². The van der Waals surface area contributed by atoms with Crippen molar-refractivity contribution in [1.82, 2.24) is 5.32 Å². The van der Waals surface area contributed by atoms with E-state index in [4.69, 9.17) is 14.2 Å². The Labute approximate surface area is 126 Å². The van der Waals surface area contributed by atoms with Crippen LogP contribution in [0.2, 0.25) is 0 Å². The molecule has 0 unspecified atom stereocenters. The van der Waals surface area contributed by atoms with Crippen LogP contribution in [0.5, 0.6) is 11.5 Å². The monoisotopic (exact) mass is 291 g/mol. The van der Waals surface area contributed by atoms with Crippen LogP contribution in [-0.4, -0.2) is 33.0 Å². The Morgan fingerprint density at radius 3 is 2.71 bits per heavy atom. The standard InChI is InChI=1S/C17H25NO3/c1-19-16-5-2-14(11-18-15-3-4-15)17(10-16)21-12-13-6-8-20-9-7-13/h2,5,10,13,15,18H,3-4,6-9,11-12H2,1H3. The third kappa shape index (κ3) is 4.35. The Bertz CT molecular complexity index is 453. The van der Waals surface area contributed by atoms with Gasteiger partial charge >= 0.3 is 0 Å². The molecule has 0 aromatic heterocycles. The van der Waals surface area contributed by atoms with Crippen LogP contribution < -0.4 is 14.8 Å². The lowest BCUT2D eigenvalue weighted by molar-refractivity contribution is 0.0495. The summed E-state index contributed by atoms with van der Waals surface area (Å²) in [4.78, 5) is 0.